The van der Waals surface area contributed by atoms with Gasteiger partial charge < -0.3 is 16.2 Å². The largest absolute Gasteiger partial charge is 0.493 e. The van der Waals surface area contributed by atoms with Gasteiger partial charge in [0.1, 0.15) is 5.75 Å². The van der Waals surface area contributed by atoms with Gasteiger partial charge in [-0.3, -0.25) is 0 Å². The van der Waals surface area contributed by atoms with Crippen LogP contribution in [0.2, 0.25) is 0 Å². The Labute approximate surface area is 123 Å². The van der Waals surface area contributed by atoms with Gasteiger partial charge in [-0.2, -0.15) is 0 Å². The summed E-state index contributed by atoms with van der Waals surface area (Å²) >= 11 is 0. The lowest BCUT2D eigenvalue weighted by Gasteiger charge is -2.18. The van der Waals surface area contributed by atoms with E-state index >= 15 is 0 Å². The fourth-order valence-electron chi connectivity index (χ4n) is 2.38. The molecule has 0 saturated carbocycles. The second kappa shape index (κ2) is 8.28. The summed E-state index contributed by atoms with van der Waals surface area (Å²) in [6, 6.07) is 4.41. The standard InChI is InChI=1S/C17H30N2O/c1-12(2)11-20-17-14(4)7-13(3)8-16(17)6-5-15(9-18)10-19/h7-8,12,15H,5-6,9-11,18-19H2,1-4H3. The van der Waals surface area contributed by atoms with Crippen molar-refractivity contribution in [3.8, 4) is 5.75 Å². The van der Waals surface area contributed by atoms with Gasteiger partial charge >= 0.3 is 0 Å². The van der Waals surface area contributed by atoms with E-state index in [9.17, 15) is 0 Å². The van der Waals surface area contributed by atoms with Crippen LogP contribution in [0.4, 0.5) is 0 Å². The van der Waals surface area contributed by atoms with Gasteiger partial charge in [0.15, 0.2) is 0 Å². The third-order valence-electron chi connectivity index (χ3n) is 3.55. The molecule has 0 spiro atoms. The summed E-state index contributed by atoms with van der Waals surface area (Å²) in [4.78, 5) is 0. The molecule has 0 atom stereocenters. The van der Waals surface area contributed by atoms with Gasteiger partial charge in [-0.15, -0.1) is 0 Å². The summed E-state index contributed by atoms with van der Waals surface area (Å²) in [6.07, 6.45) is 2.00. The molecule has 0 radical (unpaired) electrons. The number of hydrogen-bond donors (Lipinski definition) is 2. The van der Waals surface area contributed by atoms with Crippen molar-refractivity contribution in [3.63, 3.8) is 0 Å². The van der Waals surface area contributed by atoms with E-state index < -0.39 is 0 Å². The maximum atomic E-state index is 6.02. The zero-order chi connectivity index (χ0) is 15.1. The van der Waals surface area contributed by atoms with Gasteiger partial charge in [0.05, 0.1) is 6.61 Å². The highest BCUT2D eigenvalue weighted by Crippen LogP contribution is 2.28. The van der Waals surface area contributed by atoms with Crippen LogP contribution in [0.15, 0.2) is 12.1 Å². The van der Waals surface area contributed by atoms with E-state index in [2.05, 4.69) is 39.8 Å². The van der Waals surface area contributed by atoms with E-state index in [1.807, 2.05) is 0 Å². The van der Waals surface area contributed by atoms with E-state index in [1.165, 1.54) is 16.7 Å². The molecular weight excluding hydrogens is 248 g/mol. The molecule has 0 unspecified atom stereocenters. The van der Waals surface area contributed by atoms with Crippen LogP contribution in [0.5, 0.6) is 5.75 Å². The minimum Gasteiger partial charge on any atom is -0.493 e. The van der Waals surface area contributed by atoms with Gasteiger partial charge in [0, 0.05) is 0 Å². The average molecular weight is 278 g/mol. The van der Waals surface area contributed by atoms with E-state index in [4.69, 9.17) is 16.2 Å². The first-order chi connectivity index (χ1) is 9.47. The molecule has 3 heteroatoms. The van der Waals surface area contributed by atoms with Crippen LogP contribution in [-0.4, -0.2) is 19.7 Å². The van der Waals surface area contributed by atoms with Gasteiger partial charge in [0.25, 0.3) is 0 Å². The molecule has 0 aliphatic rings. The lowest BCUT2D eigenvalue weighted by molar-refractivity contribution is 0.266. The molecule has 0 heterocycles. The molecular formula is C17H30N2O. The smallest absolute Gasteiger partial charge is 0.125 e. The lowest BCUT2D eigenvalue weighted by Crippen LogP contribution is -2.23. The highest BCUT2D eigenvalue weighted by molar-refractivity contribution is 5.44. The van der Waals surface area contributed by atoms with Gasteiger partial charge in [0.2, 0.25) is 0 Å². The predicted molar refractivity (Wildman–Crippen MR) is 86.2 cm³/mol. The first-order valence-corrected chi connectivity index (χ1v) is 7.61. The monoisotopic (exact) mass is 278 g/mol. The van der Waals surface area contributed by atoms with Crippen LogP contribution in [-0.2, 0) is 6.42 Å². The maximum Gasteiger partial charge on any atom is 0.125 e. The normalized spacial score (nSPS) is 11.4. The molecule has 0 bridgehead atoms. The predicted octanol–water partition coefficient (Wildman–Crippen LogP) is 2.80. The highest BCUT2D eigenvalue weighted by Gasteiger charge is 2.12. The van der Waals surface area contributed by atoms with Crippen LogP contribution in [0, 0.1) is 25.7 Å². The molecule has 1 rings (SSSR count). The highest BCUT2D eigenvalue weighted by atomic mass is 16.5. The maximum absolute atomic E-state index is 6.02. The second-order valence-electron chi connectivity index (χ2n) is 6.15. The number of rotatable bonds is 8. The Balaban J connectivity index is 2.85. The van der Waals surface area contributed by atoms with E-state index in [-0.39, 0.29) is 0 Å². The summed E-state index contributed by atoms with van der Waals surface area (Å²) < 4.78 is 6.02. The average Bonchev–Trinajstić information content (AvgIpc) is 2.38. The van der Waals surface area contributed by atoms with Crippen LogP contribution in [0.1, 0.15) is 37.0 Å². The summed E-state index contributed by atoms with van der Waals surface area (Å²) in [6.45, 7) is 10.7. The topological polar surface area (TPSA) is 61.3 Å². The second-order valence-corrected chi connectivity index (χ2v) is 6.15. The lowest BCUT2D eigenvalue weighted by atomic mass is 9.96. The summed E-state index contributed by atoms with van der Waals surface area (Å²) in [7, 11) is 0. The molecule has 1 aromatic carbocycles. The molecule has 1 aromatic rings. The van der Waals surface area contributed by atoms with Crippen molar-refractivity contribution in [3.05, 3.63) is 28.8 Å². The zero-order valence-corrected chi connectivity index (χ0v) is 13.4. The van der Waals surface area contributed by atoms with E-state index in [0.717, 1.165) is 25.2 Å². The number of benzene rings is 1. The van der Waals surface area contributed by atoms with Crippen molar-refractivity contribution in [2.75, 3.05) is 19.7 Å². The number of hydrogen-bond acceptors (Lipinski definition) is 3. The minimum atomic E-state index is 0.397. The Kier molecular flexibility index (Phi) is 7.03. The third-order valence-corrected chi connectivity index (χ3v) is 3.55. The van der Waals surface area contributed by atoms with Gasteiger partial charge in [-0.05, 0) is 62.7 Å². The molecule has 0 aromatic heterocycles. The van der Waals surface area contributed by atoms with Crippen molar-refractivity contribution in [2.24, 2.45) is 23.3 Å². The van der Waals surface area contributed by atoms with Crippen molar-refractivity contribution in [1.82, 2.24) is 0 Å². The number of aryl methyl sites for hydroxylation is 3. The van der Waals surface area contributed by atoms with E-state index in [1.54, 1.807) is 0 Å². The summed E-state index contributed by atoms with van der Waals surface area (Å²) in [5.41, 5.74) is 15.3. The van der Waals surface area contributed by atoms with Gasteiger partial charge in [-0.1, -0.05) is 31.5 Å². The van der Waals surface area contributed by atoms with Crippen molar-refractivity contribution in [2.45, 2.75) is 40.5 Å². The molecule has 0 saturated heterocycles. The minimum absolute atomic E-state index is 0.397. The Morgan fingerprint density at radius 1 is 1.10 bits per heavy atom. The SMILES string of the molecule is Cc1cc(C)c(OCC(C)C)c(CCC(CN)CN)c1. The molecule has 114 valence electrons. The number of nitrogens with two attached hydrogens (primary N) is 2. The van der Waals surface area contributed by atoms with Gasteiger partial charge in [-0.25, -0.2) is 0 Å². The molecule has 20 heavy (non-hydrogen) atoms. The Morgan fingerprint density at radius 2 is 1.75 bits per heavy atom. The zero-order valence-electron chi connectivity index (χ0n) is 13.4. The molecule has 3 nitrogen and oxygen atoms in total. The first-order valence-electron chi connectivity index (χ1n) is 7.61. The molecule has 4 N–H and O–H groups in total. The van der Waals surface area contributed by atoms with Crippen LogP contribution in [0.3, 0.4) is 0 Å². The molecule has 0 aliphatic heterocycles. The first kappa shape index (κ1) is 17.0. The van der Waals surface area contributed by atoms with E-state index in [0.29, 0.717) is 24.9 Å². The molecule has 0 aliphatic carbocycles. The van der Waals surface area contributed by atoms with Crippen LogP contribution in [0.25, 0.3) is 0 Å². The Hall–Kier alpha value is -1.06. The fourth-order valence-corrected chi connectivity index (χ4v) is 2.38. The molecule has 0 fully saturated rings. The Morgan fingerprint density at radius 3 is 2.30 bits per heavy atom. The fraction of sp³-hybridized carbons (Fsp3) is 0.647. The van der Waals surface area contributed by atoms with Crippen molar-refractivity contribution < 1.29 is 4.74 Å². The quantitative estimate of drug-likeness (QED) is 0.768. The Bertz CT molecular complexity index is 412. The van der Waals surface area contributed by atoms with Crippen LogP contribution < -0.4 is 16.2 Å². The summed E-state index contributed by atoms with van der Waals surface area (Å²) in [5.74, 6) is 1.98. The molecule has 0 amide bonds. The van der Waals surface area contributed by atoms with Crippen LogP contribution >= 0.6 is 0 Å². The van der Waals surface area contributed by atoms with Crippen molar-refractivity contribution in [1.29, 1.82) is 0 Å². The number of ether oxygens (including phenoxy) is 1. The van der Waals surface area contributed by atoms with Crippen molar-refractivity contribution >= 4 is 0 Å². The third kappa shape index (κ3) is 5.14. The summed E-state index contributed by atoms with van der Waals surface area (Å²) in [5, 5.41) is 0.